The Hall–Kier alpha value is -1.36. The van der Waals surface area contributed by atoms with Crippen molar-refractivity contribution in [2.24, 2.45) is 11.3 Å². The van der Waals surface area contributed by atoms with Crippen molar-refractivity contribution in [2.75, 3.05) is 13.6 Å². The van der Waals surface area contributed by atoms with E-state index >= 15 is 0 Å². The minimum Gasteiger partial charge on any atom is -0.316 e. The van der Waals surface area contributed by atoms with E-state index in [0.717, 1.165) is 12.0 Å². The number of rotatable bonds is 3. The van der Waals surface area contributed by atoms with E-state index < -0.39 is 0 Å². The third-order valence-corrected chi connectivity index (χ3v) is 4.83. The van der Waals surface area contributed by atoms with E-state index in [1.54, 1.807) is 10.0 Å². The smallest absolute Gasteiger partial charge is 0.246 e. The number of hydrogen-bond acceptors (Lipinski definition) is 3. The van der Waals surface area contributed by atoms with Gasteiger partial charge in [0.1, 0.15) is 0 Å². The lowest BCUT2D eigenvalue weighted by Crippen LogP contribution is -2.58. The van der Waals surface area contributed by atoms with Crippen molar-refractivity contribution in [1.82, 2.24) is 15.3 Å². The van der Waals surface area contributed by atoms with Gasteiger partial charge in [-0.25, -0.2) is 10.0 Å². The molecule has 2 aliphatic heterocycles. The Labute approximate surface area is 140 Å². The fourth-order valence-electron chi connectivity index (χ4n) is 3.57. The molecule has 0 aromatic rings. The van der Waals surface area contributed by atoms with Crippen molar-refractivity contribution in [1.29, 1.82) is 0 Å². The van der Waals surface area contributed by atoms with Crippen LogP contribution in [-0.2, 0) is 9.59 Å². The zero-order valence-corrected chi connectivity index (χ0v) is 15.3. The molecule has 5 heteroatoms. The van der Waals surface area contributed by atoms with Crippen LogP contribution >= 0.6 is 0 Å². The van der Waals surface area contributed by atoms with Crippen LogP contribution in [0.3, 0.4) is 0 Å². The van der Waals surface area contributed by atoms with Crippen LogP contribution in [0, 0.1) is 11.3 Å². The van der Waals surface area contributed by atoms with Gasteiger partial charge in [0.2, 0.25) is 11.8 Å². The summed E-state index contributed by atoms with van der Waals surface area (Å²) >= 11 is 0. The molecule has 1 N–H and O–H groups in total. The van der Waals surface area contributed by atoms with Gasteiger partial charge in [-0.3, -0.25) is 9.59 Å². The highest BCUT2D eigenvalue weighted by molar-refractivity contribution is 5.87. The van der Waals surface area contributed by atoms with Crippen molar-refractivity contribution < 1.29 is 9.59 Å². The molecule has 0 aliphatic carbocycles. The van der Waals surface area contributed by atoms with E-state index in [1.165, 1.54) is 0 Å². The first-order chi connectivity index (χ1) is 10.6. The number of hydrazine groups is 1. The van der Waals surface area contributed by atoms with Gasteiger partial charge in [0, 0.05) is 12.5 Å². The quantitative estimate of drug-likeness (QED) is 0.812. The van der Waals surface area contributed by atoms with Crippen LogP contribution in [0.1, 0.15) is 53.9 Å². The molecule has 0 spiro atoms. The largest absolute Gasteiger partial charge is 0.316 e. The molecular weight excluding hydrogens is 290 g/mol. The van der Waals surface area contributed by atoms with E-state index in [4.69, 9.17) is 0 Å². The van der Waals surface area contributed by atoms with Crippen molar-refractivity contribution in [3.05, 3.63) is 11.6 Å². The summed E-state index contributed by atoms with van der Waals surface area (Å²) in [5, 5.41) is 6.63. The van der Waals surface area contributed by atoms with E-state index in [2.05, 4.69) is 32.2 Å². The lowest BCUT2D eigenvalue weighted by atomic mass is 9.86. The molecule has 1 fully saturated rings. The molecule has 130 valence electrons. The molecule has 0 aromatic heterocycles. The molecule has 0 saturated carbocycles. The average Bonchev–Trinajstić information content (AvgIpc) is 2.55. The van der Waals surface area contributed by atoms with Gasteiger partial charge in [0.15, 0.2) is 0 Å². The van der Waals surface area contributed by atoms with Gasteiger partial charge < -0.3 is 5.32 Å². The predicted octanol–water partition coefficient (Wildman–Crippen LogP) is 2.34. The Kier molecular flexibility index (Phi) is 5.19. The highest BCUT2D eigenvalue weighted by Crippen LogP contribution is 2.33. The fourth-order valence-corrected chi connectivity index (χ4v) is 3.57. The standard InChI is InChI=1S/C18H31N3O2/c1-12-9-14(10-18(3,4)5)21-17(23)15(13(2)19-6)7-8-16(22)20(21)11-12/h9,13-15,19H,7-8,10-11H2,1-6H3. The van der Waals surface area contributed by atoms with Crippen LogP contribution in [0.5, 0.6) is 0 Å². The van der Waals surface area contributed by atoms with Gasteiger partial charge in [-0.15, -0.1) is 0 Å². The number of nitrogens with zero attached hydrogens (tertiary/aromatic N) is 2. The third-order valence-electron chi connectivity index (χ3n) is 4.83. The van der Waals surface area contributed by atoms with E-state index in [1.807, 2.05) is 20.9 Å². The summed E-state index contributed by atoms with van der Waals surface area (Å²) in [6, 6.07) is 0.0300. The number of amides is 2. The molecule has 2 amide bonds. The Morgan fingerprint density at radius 1 is 1.35 bits per heavy atom. The third kappa shape index (κ3) is 3.94. The summed E-state index contributed by atoms with van der Waals surface area (Å²) in [5.74, 6) is -0.00515. The van der Waals surface area contributed by atoms with Crippen molar-refractivity contribution >= 4 is 11.8 Å². The molecule has 2 heterocycles. The van der Waals surface area contributed by atoms with E-state index in [9.17, 15) is 9.59 Å². The van der Waals surface area contributed by atoms with Crippen LogP contribution in [0.2, 0.25) is 0 Å². The van der Waals surface area contributed by atoms with Crippen molar-refractivity contribution in [2.45, 2.75) is 66.0 Å². The second-order valence-corrected chi connectivity index (χ2v) is 8.20. The maximum absolute atomic E-state index is 13.2. The highest BCUT2D eigenvalue weighted by Gasteiger charge is 2.43. The van der Waals surface area contributed by atoms with Crippen LogP contribution in [0.25, 0.3) is 0 Å². The fraction of sp³-hybridized carbons (Fsp3) is 0.778. The van der Waals surface area contributed by atoms with Crippen molar-refractivity contribution in [3.63, 3.8) is 0 Å². The van der Waals surface area contributed by atoms with Gasteiger partial charge >= 0.3 is 0 Å². The van der Waals surface area contributed by atoms with Crippen LogP contribution in [0.4, 0.5) is 0 Å². The first kappa shape index (κ1) is 18.0. The van der Waals surface area contributed by atoms with Gasteiger partial charge in [-0.2, -0.15) is 0 Å². The Bertz CT molecular complexity index is 507. The maximum atomic E-state index is 13.2. The number of carbonyl (C=O) groups is 2. The number of fused-ring (bicyclic) bond motifs is 1. The minimum atomic E-state index is -0.150. The average molecular weight is 321 g/mol. The van der Waals surface area contributed by atoms with E-state index in [-0.39, 0.29) is 35.2 Å². The molecule has 0 aromatic carbocycles. The molecule has 2 aliphatic rings. The van der Waals surface area contributed by atoms with Crippen molar-refractivity contribution in [3.8, 4) is 0 Å². The summed E-state index contributed by atoms with van der Waals surface area (Å²) in [6.45, 7) is 11.1. The number of nitrogens with one attached hydrogen (secondary N) is 1. The molecule has 1 saturated heterocycles. The first-order valence-electron chi connectivity index (χ1n) is 8.62. The second-order valence-electron chi connectivity index (χ2n) is 8.20. The van der Waals surface area contributed by atoms with Crippen LogP contribution in [-0.4, -0.2) is 47.5 Å². The monoisotopic (exact) mass is 321 g/mol. The normalized spacial score (nSPS) is 27.5. The lowest BCUT2D eigenvalue weighted by molar-refractivity contribution is -0.168. The van der Waals surface area contributed by atoms with Gasteiger partial charge in [0.05, 0.1) is 18.5 Å². The SMILES string of the molecule is CNC(C)C1CCC(=O)N2CC(C)=CC(CC(C)(C)C)N2C1=O. The predicted molar refractivity (Wildman–Crippen MR) is 91.4 cm³/mol. The van der Waals surface area contributed by atoms with Crippen LogP contribution < -0.4 is 5.32 Å². The molecule has 23 heavy (non-hydrogen) atoms. The highest BCUT2D eigenvalue weighted by atomic mass is 16.2. The van der Waals surface area contributed by atoms with Gasteiger partial charge in [-0.1, -0.05) is 32.4 Å². The molecule has 0 radical (unpaired) electrons. The van der Waals surface area contributed by atoms with Crippen LogP contribution in [0.15, 0.2) is 11.6 Å². The molecule has 2 rings (SSSR count). The molecule has 3 unspecified atom stereocenters. The van der Waals surface area contributed by atoms with Gasteiger partial charge in [0.25, 0.3) is 0 Å². The Morgan fingerprint density at radius 3 is 2.57 bits per heavy atom. The first-order valence-corrected chi connectivity index (χ1v) is 8.62. The Morgan fingerprint density at radius 2 is 2.00 bits per heavy atom. The molecule has 5 nitrogen and oxygen atoms in total. The summed E-state index contributed by atoms with van der Waals surface area (Å²) in [4.78, 5) is 25.8. The molecule has 3 atom stereocenters. The summed E-state index contributed by atoms with van der Waals surface area (Å²) in [7, 11) is 1.87. The number of hydrogen-bond donors (Lipinski definition) is 1. The molecular formula is C18H31N3O2. The minimum absolute atomic E-state index is 0.0372. The zero-order chi connectivity index (χ0) is 17.4. The second kappa shape index (κ2) is 6.63. The topological polar surface area (TPSA) is 52.7 Å². The number of carbonyl (C=O) groups excluding carboxylic acids is 2. The Balaban J connectivity index is 2.39. The van der Waals surface area contributed by atoms with E-state index in [0.29, 0.717) is 19.4 Å². The zero-order valence-electron chi connectivity index (χ0n) is 15.3. The lowest BCUT2D eigenvalue weighted by Gasteiger charge is -2.44. The molecule has 0 bridgehead atoms. The summed E-state index contributed by atoms with van der Waals surface area (Å²) in [5.41, 5.74) is 1.25. The summed E-state index contributed by atoms with van der Waals surface area (Å²) in [6.07, 6.45) is 4.07. The summed E-state index contributed by atoms with van der Waals surface area (Å²) < 4.78 is 0. The van der Waals surface area contributed by atoms with Gasteiger partial charge in [-0.05, 0) is 39.2 Å². The maximum Gasteiger partial charge on any atom is 0.246 e.